The third-order valence-corrected chi connectivity index (χ3v) is 5.67. The van der Waals surface area contributed by atoms with Gasteiger partial charge in [0.05, 0.1) is 19.3 Å². The Balaban J connectivity index is 1.86. The van der Waals surface area contributed by atoms with Crippen molar-refractivity contribution in [1.82, 2.24) is 4.90 Å². The van der Waals surface area contributed by atoms with Gasteiger partial charge in [-0.15, -0.1) is 0 Å². The quantitative estimate of drug-likeness (QED) is 0.841. The summed E-state index contributed by atoms with van der Waals surface area (Å²) < 4.78 is 5.45. The summed E-state index contributed by atoms with van der Waals surface area (Å²) in [6, 6.07) is 5.56. The monoisotopic (exact) mass is 361 g/mol. The number of carbonyl (C=O) groups is 2. The molecule has 2 aliphatic heterocycles. The summed E-state index contributed by atoms with van der Waals surface area (Å²) in [4.78, 5) is 26.8. The molecule has 0 aromatic heterocycles. The molecule has 142 valence electrons. The number of rotatable bonds is 5. The van der Waals surface area contributed by atoms with Crippen molar-refractivity contribution in [3.8, 4) is 0 Å². The molecule has 0 radical (unpaired) electrons. The minimum atomic E-state index is -1.30. The molecule has 0 unspecified atom stereocenters. The van der Waals surface area contributed by atoms with E-state index in [0.29, 0.717) is 44.1 Å². The van der Waals surface area contributed by atoms with Crippen molar-refractivity contribution in [3.05, 3.63) is 34.9 Å². The van der Waals surface area contributed by atoms with E-state index in [1.807, 2.05) is 26.0 Å². The van der Waals surface area contributed by atoms with Crippen LogP contribution in [0.3, 0.4) is 0 Å². The van der Waals surface area contributed by atoms with Crippen LogP contribution in [0, 0.1) is 11.3 Å². The molecule has 0 aliphatic carbocycles. The number of nitrogens with zero attached hydrogens (tertiary/aromatic N) is 1. The SMILES string of the molecule is CC(C)CC[C@@]1(C(=O)O)CN(C(=O)c2cccc3c2COC3)CC[C@H]1O. The maximum absolute atomic E-state index is 13.1. The average molecular weight is 361 g/mol. The Labute approximate surface area is 153 Å². The molecule has 2 N–H and O–H groups in total. The number of piperidine rings is 1. The lowest BCUT2D eigenvalue weighted by atomic mass is 9.72. The van der Waals surface area contributed by atoms with Crippen molar-refractivity contribution in [2.45, 2.75) is 52.4 Å². The van der Waals surface area contributed by atoms with Crippen molar-refractivity contribution in [2.24, 2.45) is 11.3 Å². The fraction of sp³-hybridized carbons (Fsp3) is 0.600. The Morgan fingerprint density at radius 2 is 2.12 bits per heavy atom. The van der Waals surface area contributed by atoms with Crippen molar-refractivity contribution < 1.29 is 24.5 Å². The first-order valence-corrected chi connectivity index (χ1v) is 9.24. The molecule has 2 aliphatic rings. The van der Waals surface area contributed by atoms with Crippen LogP contribution in [0.4, 0.5) is 0 Å². The van der Waals surface area contributed by atoms with Gasteiger partial charge in [0.1, 0.15) is 5.41 Å². The van der Waals surface area contributed by atoms with Crippen LogP contribution in [0.25, 0.3) is 0 Å². The number of likely N-dealkylation sites (tertiary alicyclic amines) is 1. The van der Waals surface area contributed by atoms with Crippen molar-refractivity contribution >= 4 is 11.9 Å². The summed E-state index contributed by atoms with van der Waals surface area (Å²) in [7, 11) is 0. The molecule has 2 heterocycles. The van der Waals surface area contributed by atoms with Gasteiger partial charge in [0.15, 0.2) is 0 Å². The van der Waals surface area contributed by atoms with Gasteiger partial charge in [0.2, 0.25) is 0 Å². The number of hydrogen-bond donors (Lipinski definition) is 2. The van der Waals surface area contributed by atoms with Crippen molar-refractivity contribution in [1.29, 1.82) is 0 Å². The van der Waals surface area contributed by atoms with E-state index in [4.69, 9.17) is 4.74 Å². The highest BCUT2D eigenvalue weighted by Gasteiger charge is 2.50. The number of fused-ring (bicyclic) bond motifs is 1. The highest BCUT2D eigenvalue weighted by Crippen LogP contribution is 2.37. The van der Waals surface area contributed by atoms with E-state index in [0.717, 1.165) is 11.1 Å². The van der Waals surface area contributed by atoms with Gasteiger partial charge in [-0.25, -0.2) is 0 Å². The number of carbonyl (C=O) groups excluding carboxylic acids is 1. The zero-order chi connectivity index (χ0) is 18.9. The predicted molar refractivity (Wildman–Crippen MR) is 95.6 cm³/mol. The first kappa shape index (κ1) is 18.9. The first-order valence-electron chi connectivity index (χ1n) is 9.24. The summed E-state index contributed by atoms with van der Waals surface area (Å²) >= 11 is 0. The van der Waals surface area contributed by atoms with Crippen LogP contribution in [0.15, 0.2) is 18.2 Å². The van der Waals surface area contributed by atoms with Gasteiger partial charge >= 0.3 is 5.97 Å². The summed E-state index contributed by atoms with van der Waals surface area (Å²) in [6.45, 7) is 5.37. The molecular weight excluding hydrogens is 334 g/mol. The normalized spacial score (nSPS) is 25.4. The van der Waals surface area contributed by atoms with Crippen LogP contribution in [0.1, 0.15) is 54.6 Å². The summed E-state index contributed by atoms with van der Waals surface area (Å²) in [5.74, 6) is -0.863. The van der Waals surface area contributed by atoms with Crippen LogP contribution in [0.5, 0.6) is 0 Å². The highest BCUT2D eigenvalue weighted by atomic mass is 16.5. The molecule has 1 aromatic rings. The highest BCUT2D eigenvalue weighted by molar-refractivity contribution is 5.96. The standard InChI is InChI=1S/C20H27NO5/c1-13(2)6-8-20(19(24)25)12-21(9-7-17(20)22)18(23)15-5-3-4-14-10-26-11-16(14)15/h3-5,13,17,22H,6-12H2,1-2H3,(H,24,25)/t17-,20-/m1/s1. The van der Waals surface area contributed by atoms with Gasteiger partial charge in [-0.3, -0.25) is 9.59 Å². The van der Waals surface area contributed by atoms with Gasteiger partial charge in [-0.1, -0.05) is 26.0 Å². The maximum Gasteiger partial charge on any atom is 0.314 e. The minimum absolute atomic E-state index is 0.0412. The zero-order valence-electron chi connectivity index (χ0n) is 15.4. The zero-order valence-corrected chi connectivity index (χ0v) is 15.4. The fourth-order valence-corrected chi connectivity index (χ4v) is 3.94. The summed E-state index contributed by atoms with van der Waals surface area (Å²) in [5, 5.41) is 20.4. The first-order chi connectivity index (χ1) is 12.3. The molecule has 1 fully saturated rings. The van der Waals surface area contributed by atoms with E-state index in [1.165, 1.54) is 0 Å². The van der Waals surface area contributed by atoms with Crippen LogP contribution < -0.4 is 0 Å². The van der Waals surface area contributed by atoms with Crippen molar-refractivity contribution in [2.75, 3.05) is 13.1 Å². The van der Waals surface area contributed by atoms with E-state index in [-0.39, 0.29) is 18.9 Å². The third kappa shape index (κ3) is 3.35. The number of hydrogen-bond acceptors (Lipinski definition) is 4. The number of aliphatic carboxylic acids is 1. The van der Waals surface area contributed by atoms with Crippen LogP contribution >= 0.6 is 0 Å². The summed E-state index contributed by atoms with van der Waals surface area (Å²) in [5.41, 5.74) is 1.19. The van der Waals surface area contributed by atoms with Gasteiger partial charge < -0.3 is 19.8 Å². The second kappa shape index (κ2) is 7.37. The lowest BCUT2D eigenvalue weighted by molar-refractivity contribution is -0.163. The number of carboxylic acids is 1. The Morgan fingerprint density at radius 3 is 2.81 bits per heavy atom. The maximum atomic E-state index is 13.1. The third-order valence-electron chi connectivity index (χ3n) is 5.67. The Morgan fingerprint density at radius 1 is 1.35 bits per heavy atom. The number of amides is 1. The van der Waals surface area contributed by atoms with E-state index < -0.39 is 17.5 Å². The molecule has 6 heteroatoms. The number of aliphatic hydroxyl groups is 1. The second-order valence-electron chi connectivity index (χ2n) is 7.86. The molecule has 6 nitrogen and oxygen atoms in total. The molecule has 0 saturated carbocycles. The molecule has 26 heavy (non-hydrogen) atoms. The Bertz CT molecular complexity index is 701. The van der Waals surface area contributed by atoms with Gasteiger partial charge in [0.25, 0.3) is 5.91 Å². The van der Waals surface area contributed by atoms with Crippen LogP contribution in [-0.2, 0) is 22.7 Å². The molecule has 0 bridgehead atoms. The van der Waals surface area contributed by atoms with Gasteiger partial charge in [0, 0.05) is 18.7 Å². The van der Waals surface area contributed by atoms with Gasteiger partial charge in [-0.2, -0.15) is 0 Å². The largest absolute Gasteiger partial charge is 0.481 e. The molecular formula is C20H27NO5. The predicted octanol–water partition coefficient (Wildman–Crippen LogP) is 2.43. The molecule has 1 saturated heterocycles. The molecule has 0 spiro atoms. The lowest BCUT2D eigenvalue weighted by Crippen LogP contribution is -2.57. The van der Waals surface area contributed by atoms with Crippen molar-refractivity contribution in [3.63, 3.8) is 0 Å². The molecule has 1 amide bonds. The number of benzene rings is 1. The van der Waals surface area contributed by atoms with Crippen LogP contribution in [0.2, 0.25) is 0 Å². The summed E-state index contributed by atoms with van der Waals surface area (Å²) in [6.07, 6.45) is 0.399. The Kier molecular flexibility index (Phi) is 5.34. The van der Waals surface area contributed by atoms with E-state index in [1.54, 1.807) is 11.0 Å². The number of ether oxygens (including phenoxy) is 1. The molecule has 3 rings (SSSR count). The van der Waals surface area contributed by atoms with E-state index in [2.05, 4.69) is 0 Å². The van der Waals surface area contributed by atoms with E-state index >= 15 is 0 Å². The smallest absolute Gasteiger partial charge is 0.314 e. The van der Waals surface area contributed by atoms with Gasteiger partial charge in [-0.05, 0) is 42.4 Å². The lowest BCUT2D eigenvalue weighted by Gasteiger charge is -2.43. The average Bonchev–Trinajstić information content (AvgIpc) is 3.09. The molecule has 1 aromatic carbocycles. The Hall–Kier alpha value is -1.92. The number of carboxylic acid groups (broad SMARTS) is 1. The molecule has 2 atom stereocenters. The number of aliphatic hydroxyl groups excluding tert-OH is 1. The van der Waals surface area contributed by atoms with Crippen LogP contribution in [-0.4, -0.2) is 46.2 Å². The topological polar surface area (TPSA) is 87.1 Å². The second-order valence-corrected chi connectivity index (χ2v) is 7.86. The minimum Gasteiger partial charge on any atom is -0.481 e. The fourth-order valence-electron chi connectivity index (χ4n) is 3.94. The van der Waals surface area contributed by atoms with E-state index in [9.17, 15) is 19.8 Å².